The standard InChI is InChI=1S/C16H19NO5/c1-20-16(19)11-5-4-8-17(9-11)15(18)14-10-21-12-6-2-3-7-13(12)22-14/h2-3,6-7,11,14H,4-5,8-10H2,1H3. The Morgan fingerprint density at radius 3 is 2.82 bits per heavy atom. The highest BCUT2D eigenvalue weighted by Gasteiger charge is 2.35. The average molecular weight is 305 g/mol. The molecule has 0 bridgehead atoms. The SMILES string of the molecule is COC(=O)C1CCCN(C(=O)C2COc3ccccc3O2)C1. The minimum atomic E-state index is -0.661. The zero-order chi connectivity index (χ0) is 15.5. The molecule has 0 aromatic heterocycles. The summed E-state index contributed by atoms with van der Waals surface area (Å²) in [6.07, 6.45) is 0.878. The maximum absolute atomic E-state index is 12.6. The molecule has 0 radical (unpaired) electrons. The first-order chi connectivity index (χ1) is 10.7. The third kappa shape index (κ3) is 2.86. The van der Waals surface area contributed by atoms with Crippen LogP contribution in [0.2, 0.25) is 0 Å². The second-order valence-corrected chi connectivity index (χ2v) is 5.51. The van der Waals surface area contributed by atoms with Gasteiger partial charge in [0.2, 0.25) is 6.10 Å². The lowest BCUT2D eigenvalue weighted by molar-refractivity contribution is -0.151. The molecule has 6 heteroatoms. The quantitative estimate of drug-likeness (QED) is 0.769. The zero-order valence-corrected chi connectivity index (χ0v) is 12.5. The molecule has 0 spiro atoms. The van der Waals surface area contributed by atoms with Gasteiger partial charge in [0.25, 0.3) is 5.91 Å². The van der Waals surface area contributed by atoms with E-state index < -0.39 is 6.10 Å². The Morgan fingerprint density at radius 1 is 1.27 bits per heavy atom. The molecule has 1 saturated heterocycles. The maximum Gasteiger partial charge on any atom is 0.310 e. The van der Waals surface area contributed by atoms with Crippen molar-refractivity contribution in [2.75, 3.05) is 26.8 Å². The van der Waals surface area contributed by atoms with Crippen LogP contribution in [0, 0.1) is 5.92 Å². The molecular weight excluding hydrogens is 286 g/mol. The van der Waals surface area contributed by atoms with E-state index in [1.165, 1.54) is 7.11 Å². The van der Waals surface area contributed by atoms with Crippen molar-refractivity contribution in [3.8, 4) is 11.5 Å². The highest BCUT2D eigenvalue weighted by Crippen LogP contribution is 2.31. The molecule has 1 amide bonds. The van der Waals surface area contributed by atoms with E-state index in [0.29, 0.717) is 24.6 Å². The van der Waals surface area contributed by atoms with Gasteiger partial charge in [0.1, 0.15) is 6.61 Å². The van der Waals surface area contributed by atoms with Crippen LogP contribution in [0.3, 0.4) is 0 Å². The minimum Gasteiger partial charge on any atom is -0.485 e. The van der Waals surface area contributed by atoms with Crippen LogP contribution in [0.25, 0.3) is 0 Å². The van der Waals surface area contributed by atoms with Gasteiger partial charge in [-0.2, -0.15) is 0 Å². The van der Waals surface area contributed by atoms with Gasteiger partial charge in [-0.05, 0) is 25.0 Å². The number of fused-ring (bicyclic) bond motifs is 1. The highest BCUT2D eigenvalue weighted by atomic mass is 16.6. The third-order valence-corrected chi connectivity index (χ3v) is 4.05. The summed E-state index contributed by atoms with van der Waals surface area (Å²) in [6, 6.07) is 7.28. The van der Waals surface area contributed by atoms with Crippen LogP contribution < -0.4 is 9.47 Å². The number of likely N-dealkylation sites (tertiary alicyclic amines) is 1. The van der Waals surface area contributed by atoms with Gasteiger partial charge < -0.3 is 19.1 Å². The predicted octanol–water partition coefficient (Wildman–Crippen LogP) is 1.24. The number of ether oxygens (including phenoxy) is 3. The van der Waals surface area contributed by atoms with Crippen LogP contribution in [0.1, 0.15) is 12.8 Å². The Balaban J connectivity index is 1.66. The van der Waals surface area contributed by atoms with Crippen molar-refractivity contribution in [2.24, 2.45) is 5.92 Å². The Hall–Kier alpha value is -2.24. The Bertz CT molecular complexity index is 573. The summed E-state index contributed by atoms with van der Waals surface area (Å²) in [4.78, 5) is 25.9. The second-order valence-electron chi connectivity index (χ2n) is 5.51. The molecule has 0 aliphatic carbocycles. The van der Waals surface area contributed by atoms with Gasteiger partial charge in [0.15, 0.2) is 11.5 Å². The first-order valence-corrected chi connectivity index (χ1v) is 7.44. The number of amides is 1. The molecule has 0 N–H and O–H groups in total. The number of carbonyl (C=O) groups is 2. The molecule has 1 aromatic carbocycles. The molecule has 6 nitrogen and oxygen atoms in total. The smallest absolute Gasteiger partial charge is 0.310 e. The van der Waals surface area contributed by atoms with Gasteiger partial charge in [0.05, 0.1) is 13.0 Å². The molecule has 1 fully saturated rings. The summed E-state index contributed by atoms with van der Waals surface area (Å²) >= 11 is 0. The number of esters is 1. The first-order valence-electron chi connectivity index (χ1n) is 7.44. The maximum atomic E-state index is 12.6. The summed E-state index contributed by atoms with van der Waals surface area (Å²) in [5.41, 5.74) is 0. The fraction of sp³-hybridized carbons (Fsp3) is 0.500. The van der Waals surface area contributed by atoms with Crippen LogP contribution in [0.5, 0.6) is 11.5 Å². The number of methoxy groups -OCH3 is 1. The topological polar surface area (TPSA) is 65.1 Å². The lowest BCUT2D eigenvalue weighted by Crippen LogP contribution is -2.50. The number of rotatable bonds is 2. The average Bonchev–Trinajstić information content (AvgIpc) is 2.60. The second kappa shape index (κ2) is 6.25. The van der Waals surface area contributed by atoms with Crippen LogP contribution in [-0.2, 0) is 14.3 Å². The number of carbonyl (C=O) groups excluding carboxylic acids is 2. The van der Waals surface area contributed by atoms with Gasteiger partial charge in [-0.25, -0.2) is 0 Å². The van der Waals surface area contributed by atoms with Crippen molar-refractivity contribution in [2.45, 2.75) is 18.9 Å². The normalized spacial score (nSPS) is 23.8. The van der Waals surface area contributed by atoms with Gasteiger partial charge in [-0.3, -0.25) is 9.59 Å². The molecule has 2 atom stereocenters. The fourth-order valence-corrected chi connectivity index (χ4v) is 2.88. The van der Waals surface area contributed by atoms with Gasteiger partial charge in [-0.15, -0.1) is 0 Å². The lowest BCUT2D eigenvalue weighted by Gasteiger charge is -2.35. The van der Waals surface area contributed by atoms with Crippen LogP contribution in [0.4, 0.5) is 0 Å². The molecule has 2 unspecified atom stereocenters. The largest absolute Gasteiger partial charge is 0.485 e. The van der Waals surface area contributed by atoms with Crippen LogP contribution in [-0.4, -0.2) is 49.7 Å². The Morgan fingerprint density at radius 2 is 2.05 bits per heavy atom. The monoisotopic (exact) mass is 305 g/mol. The molecule has 2 aliphatic heterocycles. The zero-order valence-electron chi connectivity index (χ0n) is 12.5. The van der Waals surface area contributed by atoms with E-state index in [1.54, 1.807) is 11.0 Å². The molecular formula is C16H19NO5. The van der Waals surface area contributed by atoms with E-state index in [1.807, 2.05) is 18.2 Å². The number of hydrogen-bond acceptors (Lipinski definition) is 5. The van der Waals surface area contributed by atoms with Crippen molar-refractivity contribution in [1.82, 2.24) is 4.90 Å². The molecule has 1 aromatic rings. The first kappa shape index (κ1) is 14.7. The van der Waals surface area contributed by atoms with E-state index in [2.05, 4.69) is 0 Å². The number of benzene rings is 1. The van der Waals surface area contributed by atoms with Gasteiger partial charge in [-0.1, -0.05) is 12.1 Å². The molecule has 0 saturated carbocycles. The van der Waals surface area contributed by atoms with Crippen molar-refractivity contribution in [3.63, 3.8) is 0 Å². The molecule has 3 rings (SSSR count). The molecule has 22 heavy (non-hydrogen) atoms. The van der Waals surface area contributed by atoms with Crippen molar-refractivity contribution < 1.29 is 23.8 Å². The third-order valence-electron chi connectivity index (χ3n) is 4.05. The number of para-hydroxylation sites is 2. The number of hydrogen-bond donors (Lipinski definition) is 0. The molecule has 118 valence electrons. The highest BCUT2D eigenvalue weighted by molar-refractivity contribution is 5.83. The van der Waals surface area contributed by atoms with Gasteiger partial charge in [0, 0.05) is 13.1 Å². The summed E-state index contributed by atoms with van der Waals surface area (Å²) in [5.74, 6) is 0.581. The minimum absolute atomic E-state index is 0.136. The lowest BCUT2D eigenvalue weighted by atomic mass is 9.98. The van der Waals surface area contributed by atoms with E-state index in [4.69, 9.17) is 14.2 Å². The number of nitrogens with zero attached hydrogens (tertiary/aromatic N) is 1. The van der Waals surface area contributed by atoms with E-state index >= 15 is 0 Å². The number of piperidine rings is 1. The van der Waals surface area contributed by atoms with Crippen molar-refractivity contribution in [1.29, 1.82) is 0 Å². The summed E-state index contributed by atoms with van der Waals surface area (Å²) in [6.45, 7) is 1.20. The van der Waals surface area contributed by atoms with E-state index in [9.17, 15) is 9.59 Å². The van der Waals surface area contributed by atoms with Crippen LogP contribution >= 0.6 is 0 Å². The van der Waals surface area contributed by atoms with Crippen molar-refractivity contribution >= 4 is 11.9 Å². The summed E-state index contributed by atoms with van der Waals surface area (Å²) in [7, 11) is 1.37. The Kier molecular flexibility index (Phi) is 4.18. The van der Waals surface area contributed by atoms with E-state index in [0.717, 1.165) is 12.8 Å². The fourth-order valence-electron chi connectivity index (χ4n) is 2.88. The molecule has 2 aliphatic rings. The molecule has 2 heterocycles. The van der Waals surface area contributed by atoms with E-state index in [-0.39, 0.29) is 24.4 Å². The predicted molar refractivity (Wildman–Crippen MR) is 77.7 cm³/mol. The van der Waals surface area contributed by atoms with Crippen LogP contribution in [0.15, 0.2) is 24.3 Å². The summed E-state index contributed by atoms with van der Waals surface area (Å²) in [5, 5.41) is 0. The van der Waals surface area contributed by atoms with Crippen molar-refractivity contribution in [3.05, 3.63) is 24.3 Å². The summed E-state index contributed by atoms with van der Waals surface area (Å²) < 4.78 is 16.1. The Labute approximate surface area is 128 Å². The van der Waals surface area contributed by atoms with Gasteiger partial charge >= 0.3 is 5.97 Å².